The van der Waals surface area contributed by atoms with Crippen LogP contribution >= 0.6 is 0 Å². The summed E-state index contributed by atoms with van der Waals surface area (Å²) in [6.45, 7) is 2.26. The van der Waals surface area contributed by atoms with Crippen LogP contribution in [0.25, 0.3) is 0 Å². The fourth-order valence-corrected chi connectivity index (χ4v) is 3.49. The Balaban J connectivity index is 1.80. The first-order valence-corrected chi connectivity index (χ1v) is 10.2. The van der Waals surface area contributed by atoms with Gasteiger partial charge in [0.15, 0.2) is 0 Å². The zero-order chi connectivity index (χ0) is 17.6. The molecule has 1 fully saturated rings. The van der Waals surface area contributed by atoms with Crippen LogP contribution < -0.4 is 0 Å². The highest BCUT2D eigenvalue weighted by atomic mass is 16.5. The Labute approximate surface area is 147 Å². The fraction of sp³-hybridized carbons (Fsp3) is 0.900. The molecule has 1 aliphatic heterocycles. The van der Waals surface area contributed by atoms with Crippen LogP contribution in [-0.4, -0.2) is 22.1 Å². The SMILES string of the molecule is CCCCCCCCCCCCCCCCC1CC(=O)N(O)C1=O. The standard InChI is InChI=1S/C20H37NO3/c1-2-3-4-5-6-7-8-9-10-11-12-13-14-15-16-18-17-19(22)21(24)20(18)23/h18,24H,2-17H2,1H3. The van der Waals surface area contributed by atoms with Gasteiger partial charge in [-0.25, -0.2) is 0 Å². The van der Waals surface area contributed by atoms with Gasteiger partial charge in [-0.1, -0.05) is 96.8 Å². The number of unbranched alkanes of at least 4 members (excludes halogenated alkanes) is 13. The van der Waals surface area contributed by atoms with Gasteiger partial charge in [0.1, 0.15) is 0 Å². The van der Waals surface area contributed by atoms with E-state index in [1.807, 2.05) is 0 Å². The van der Waals surface area contributed by atoms with Gasteiger partial charge in [0, 0.05) is 12.3 Å². The molecule has 0 aromatic rings. The van der Waals surface area contributed by atoms with E-state index in [-0.39, 0.29) is 12.3 Å². The van der Waals surface area contributed by atoms with Gasteiger partial charge >= 0.3 is 0 Å². The van der Waals surface area contributed by atoms with Gasteiger partial charge in [-0.05, 0) is 6.42 Å². The molecule has 0 aliphatic carbocycles. The highest BCUT2D eigenvalue weighted by Gasteiger charge is 2.37. The molecule has 1 saturated heterocycles. The lowest BCUT2D eigenvalue weighted by molar-refractivity contribution is -0.172. The third kappa shape index (κ3) is 8.81. The molecule has 1 atom stereocenters. The van der Waals surface area contributed by atoms with E-state index in [4.69, 9.17) is 0 Å². The maximum Gasteiger partial charge on any atom is 0.256 e. The average molecular weight is 340 g/mol. The topological polar surface area (TPSA) is 57.6 Å². The van der Waals surface area contributed by atoms with Crippen molar-refractivity contribution < 1.29 is 14.8 Å². The number of carbonyl (C=O) groups is 2. The zero-order valence-electron chi connectivity index (χ0n) is 15.6. The summed E-state index contributed by atoms with van der Waals surface area (Å²) in [6.07, 6.45) is 19.3. The molecule has 1 unspecified atom stereocenters. The highest BCUT2D eigenvalue weighted by Crippen LogP contribution is 2.23. The Morgan fingerprint density at radius 3 is 1.58 bits per heavy atom. The molecule has 0 aromatic carbocycles. The fourth-order valence-electron chi connectivity index (χ4n) is 3.49. The van der Waals surface area contributed by atoms with Crippen molar-refractivity contribution in [2.75, 3.05) is 0 Å². The van der Waals surface area contributed by atoms with Crippen molar-refractivity contribution in [2.45, 2.75) is 110 Å². The first-order valence-electron chi connectivity index (χ1n) is 10.2. The predicted octanol–water partition coefficient (Wildman–Crippen LogP) is 5.62. The number of hydroxylamine groups is 2. The molecular weight excluding hydrogens is 302 g/mol. The number of nitrogens with zero attached hydrogens (tertiary/aromatic N) is 1. The number of imide groups is 1. The van der Waals surface area contributed by atoms with E-state index in [0.29, 0.717) is 5.06 Å². The van der Waals surface area contributed by atoms with Crippen molar-refractivity contribution in [1.29, 1.82) is 0 Å². The highest BCUT2D eigenvalue weighted by molar-refractivity contribution is 6.02. The smallest absolute Gasteiger partial charge is 0.256 e. The van der Waals surface area contributed by atoms with E-state index in [2.05, 4.69) is 6.92 Å². The number of amides is 2. The molecule has 140 valence electrons. The van der Waals surface area contributed by atoms with Gasteiger partial charge in [0.25, 0.3) is 11.8 Å². The third-order valence-electron chi connectivity index (χ3n) is 5.12. The molecule has 4 heteroatoms. The summed E-state index contributed by atoms with van der Waals surface area (Å²) in [7, 11) is 0. The summed E-state index contributed by atoms with van der Waals surface area (Å²) >= 11 is 0. The summed E-state index contributed by atoms with van der Waals surface area (Å²) < 4.78 is 0. The molecule has 0 radical (unpaired) electrons. The normalized spacial score (nSPS) is 17.9. The van der Waals surface area contributed by atoms with Crippen molar-refractivity contribution in [1.82, 2.24) is 5.06 Å². The number of carbonyl (C=O) groups excluding carboxylic acids is 2. The molecule has 0 bridgehead atoms. The third-order valence-corrected chi connectivity index (χ3v) is 5.12. The van der Waals surface area contributed by atoms with E-state index in [1.54, 1.807) is 0 Å². The minimum atomic E-state index is -0.449. The summed E-state index contributed by atoms with van der Waals surface area (Å²) in [5.74, 6) is -1.13. The van der Waals surface area contributed by atoms with Crippen LogP contribution in [0.2, 0.25) is 0 Å². The minimum Gasteiger partial charge on any atom is -0.279 e. The Hall–Kier alpha value is -0.900. The van der Waals surface area contributed by atoms with Crippen LogP contribution in [0.15, 0.2) is 0 Å². The lowest BCUT2D eigenvalue weighted by Gasteiger charge is -2.07. The molecule has 0 aromatic heterocycles. The van der Waals surface area contributed by atoms with E-state index in [1.165, 1.54) is 77.0 Å². The van der Waals surface area contributed by atoms with E-state index in [0.717, 1.165) is 19.3 Å². The summed E-state index contributed by atoms with van der Waals surface area (Å²) in [4.78, 5) is 22.7. The van der Waals surface area contributed by atoms with Gasteiger partial charge in [0.2, 0.25) is 0 Å². The Kier molecular flexibility index (Phi) is 11.8. The maximum atomic E-state index is 11.5. The van der Waals surface area contributed by atoms with Crippen molar-refractivity contribution in [3.05, 3.63) is 0 Å². The summed E-state index contributed by atoms with van der Waals surface area (Å²) in [5.41, 5.74) is 0. The largest absolute Gasteiger partial charge is 0.279 e. The van der Waals surface area contributed by atoms with Gasteiger partial charge in [-0.3, -0.25) is 14.8 Å². The number of hydrogen-bond acceptors (Lipinski definition) is 3. The summed E-state index contributed by atoms with van der Waals surface area (Å²) in [5, 5.41) is 9.49. The zero-order valence-corrected chi connectivity index (χ0v) is 15.6. The molecule has 4 nitrogen and oxygen atoms in total. The second kappa shape index (κ2) is 13.4. The molecule has 0 spiro atoms. The van der Waals surface area contributed by atoms with Crippen LogP contribution in [0.3, 0.4) is 0 Å². The Bertz CT molecular complexity index is 357. The molecular formula is C20H37NO3. The Morgan fingerprint density at radius 2 is 1.21 bits per heavy atom. The van der Waals surface area contributed by atoms with Crippen molar-refractivity contribution >= 4 is 11.8 Å². The lowest BCUT2D eigenvalue weighted by atomic mass is 9.98. The van der Waals surface area contributed by atoms with Crippen molar-refractivity contribution in [2.24, 2.45) is 5.92 Å². The van der Waals surface area contributed by atoms with Crippen LogP contribution in [0.4, 0.5) is 0 Å². The second-order valence-corrected chi connectivity index (χ2v) is 7.33. The van der Waals surface area contributed by atoms with E-state index in [9.17, 15) is 14.8 Å². The molecule has 1 N–H and O–H groups in total. The molecule has 1 rings (SSSR count). The Morgan fingerprint density at radius 1 is 0.792 bits per heavy atom. The molecule has 1 aliphatic rings. The van der Waals surface area contributed by atoms with Crippen LogP contribution in [0, 0.1) is 5.92 Å². The van der Waals surface area contributed by atoms with Gasteiger partial charge < -0.3 is 0 Å². The van der Waals surface area contributed by atoms with Gasteiger partial charge in [0.05, 0.1) is 0 Å². The van der Waals surface area contributed by atoms with Crippen LogP contribution in [0.1, 0.15) is 110 Å². The molecule has 2 amide bonds. The van der Waals surface area contributed by atoms with Crippen LogP contribution in [-0.2, 0) is 9.59 Å². The number of hydrogen-bond donors (Lipinski definition) is 1. The predicted molar refractivity (Wildman–Crippen MR) is 96.7 cm³/mol. The molecule has 0 saturated carbocycles. The average Bonchev–Trinajstić information content (AvgIpc) is 2.82. The summed E-state index contributed by atoms with van der Waals surface area (Å²) in [6, 6.07) is 0. The number of rotatable bonds is 15. The molecule has 24 heavy (non-hydrogen) atoms. The first kappa shape index (κ1) is 21.1. The quantitative estimate of drug-likeness (QED) is 0.239. The molecule has 1 heterocycles. The second-order valence-electron chi connectivity index (χ2n) is 7.33. The van der Waals surface area contributed by atoms with E-state index >= 15 is 0 Å². The van der Waals surface area contributed by atoms with E-state index < -0.39 is 11.8 Å². The van der Waals surface area contributed by atoms with Gasteiger partial charge in [-0.15, -0.1) is 0 Å². The van der Waals surface area contributed by atoms with Crippen molar-refractivity contribution in [3.8, 4) is 0 Å². The van der Waals surface area contributed by atoms with Crippen molar-refractivity contribution in [3.63, 3.8) is 0 Å². The lowest BCUT2D eigenvalue weighted by Crippen LogP contribution is -2.26. The van der Waals surface area contributed by atoms with Gasteiger partial charge in [-0.2, -0.15) is 5.06 Å². The maximum absolute atomic E-state index is 11.5. The van der Waals surface area contributed by atoms with Crippen LogP contribution in [0.5, 0.6) is 0 Å². The first-order chi connectivity index (χ1) is 11.7. The minimum absolute atomic E-state index is 0.188. The monoisotopic (exact) mass is 339 g/mol.